The van der Waals surface area contributed by atoms with Gasteiger partial charge in [0, 0.05) is 25.3 Å². The molecule has 1 N–H and O–H groups in total. The van der Waals surface area contributed by atoms with Crippen molar-refractivity contribution in [3.8, 4) is 0 Å². The van der Waals surface area contributed by atoms with Crippen molar-refractivity contribution in [1.29, 1.82) is 0 Å². The van der Waals surface area contributed by atoms with E-state index in [0.717, 1.165) is 38.0 Å². The summed E-state index contributed by atoms with van der Waals surface area (Å²) in [5.74, 6) is -0.328. The van der Waals surface area contributed by atoms with E-state index in [-0.39, 0.29) is 18.2 Å². The lowest BCUT2D eigenvalue weighted by atomic mass is 10.1. The van der Waals surface area contributed by atoms with Crippen LogP contribution in [-0.4, -0.2) is 67.6 Å². The number of ether oxygens (including phenoxy) is 2. The minimum absolute atomic E-state index is 0.0204. The maximum atomic E-state index is 11.5. The molecule has 2 fully saturated rings. The first-order valence-electron chi connectivity index (χ1n) is 8.63. The van der Waals surface area contributed by atoms with Crippen molar-refractivity contribution < 1.29 is 24.2 Å². The average molecular weight is 348 g/mol. The molecule has 7 heteroatoms. The number of carbonyl (C=O) groups excluding carboxylic acids is 1. The Morgan fingerprint density at radius 3 is 2.24 bits per heavy atom. The first-order valence-corrected chi connectivity index (χ1v) is 8.63. The minimum atomic E-state index is -0.865. The topological polar surface area (TPSA) is 79.3 Å². The van der Waals surface area contributed by atoms with Gasteiger partial charge in [0.25, 0.3) is 0 Å². The third-order valence-corrected chi connectivity index (χ3v) is 4.90. The van der Waals surface area contributed by atoms with Gasteiger partial charge in [-0.05, 0) is 43.5 Å². The molecule has 0 spiro atoms. The Morgan fingerprint density at radius 1 is 1.04 bits per heavy atom. The number of carboxylic acid groups (broad SMARTS) is 1. The fourth-order valence-electron chi connectivity index (χ4n) is 3.46. The van der Waals surface area contributed by atoms with Gasteiger partial charge >= 0.3 is 12.1 Å². The number of hydrogen-bond acceptors (Lipinski definition) is 5. The van der Waals surface area contributed by atoms with E-state index in [4.69, 9.17) is 14.6 Å². The summed E-state index contributed by atoms with van der Waals surface area (Å²) >= 11 is 0. The number of hydrogen-bond donors (Lipinski definition) is 1. The Kier molecular flexibility index (Phi) is 5.43. The number of methoxy groups -OCH3 is 1. The SMILES string of the molecule is COC(=O)c1ccc(N2CCC(O[C@H]3CCN(C(=O)O)C3)CC2)cc1. The molecule has 0 aromatic heterocycles. The van der Waals surface area contributed by atoms with Crippen LogP contribution in [0.5, 0.6) is 0 Å². The Labute approximate surface area is 147 Å². The summed E-state index contributed by atoms with van der Waals surface area (Å²) in [6.45, 7) is 2.81. The Bertz CT molecular complexity index is 610. The number of carbonyl (C=O) groups is 2. The minimum Gasteiger partial charge on any atom is -0.465 e. The molecular weight excluding hydrogens is 324 g/mol. The molecular formula is C18H24N2O5. The van der Waals surface area contributed by atoms with Crippen LogP contribution in [0.25, 0.3) is 0 Å². The molecule has 7 nitrogen and oxygen atoms in total. The van der Waals surface area contributed by atoms with Crippen molar-refractivity contribution in [1.82, 2.24) is 4.90 Å². The molecule has 25 heavy (non-hydrogen) atoms. The quantitative estimate of drug-likeness (QED) is 0.841. The summed E-state index contributed by atoms with van der Waals surface area (Å²) in [4.78, 5) is 26.1. The van der Waals surface area contributed by atoms with Gasteiger partial charge in [-0.15, -0.1) is 0 Å². The molecule has 1 aromatic rings. The first kappa shape index (κ1) is 17.5. The predicted molar refractivity (Wildman–Crippen MR) is 92.1 cm³/mol. The van der Waals surface area contributed by atoms with Crippen LogP contribution in [-0.2, 0) is 9.47 Å². The molecule has 1 aromatic carbocycles. The fraction of sp³-hybridized carbons (Fsp3) is 0.556. The van der Waals surface area contributed by atoms with Crippen molar-refractivity contribution in [2.75, 3.05) is 38.2 Å². The van der Waals surface area contributed by atoms with E-state index in [9.17, 15) is 9.59 Å². The van der Waals surface area contributed by atoms with E-state index in [1.807, 2.05) is 12.1 Å². The van der Waals surface area contributed by atoms with Gasteiger partial charge in [0.05, 0.1) is 31.4 Å². The summed E-state index contributed by atoms with van der Waals surface area (Å²) in [7, 11) is 1.38. The van der Waals surface area contributed by atoms with E-state index in [1.54, 1.807) is 12.1 Å². The van der Waals surface area contributed by atoms with Crippen molar-refractivity contribution in [2.24, 2.45) is 0 Å². The smallest absolute Gasteiger partial charge is 0.407 e. The average Bonchev–Trinajstić information content (AvgIpc) is 3.11. The normalized spacial score (nSPS) is 21.4. The van der Waals surface area contributed by atoms with Crippen molar-refractivity contribution in [2.45, 2.75) is 31.5 Å². The third-order valence-electron chi connectivity index (χ3n) is 4.90. The lowest BCUT2D eigenvalue weighted by molar-refractivity contribution is -0.0172. The molecule has 0 bridgehead atoms. The van der Waals surface area contributed by atoms with Crippen LogP contribution < -0.4 is 4.90 Å². The van der Waals surface area contributed by atoms with Gasteiger partial charge in [0.15, 0.2) is 0 Å². The molecule has 0 saturated carbocycles. The standard InChI is InChI=1S/C18H24N2O5/c1-24-17(21)13-2-4-14(5-3-13)19-9-6-15(7-10-19)25-16-8-11-20(12-16)18(22)23/h2-5,15-16H,6-12H2,1H3,(H,22,23)/t16-/m0/s1. The molecule has 3 rings (SSSR count). The Hall–Kier alpha value is -2.28. The molecule has 2 aliphatic rings. The van der Waals surface area contributed by atoms with Gasteiger partial charge in [-0.1, -0.05) is 0 Å². The van der Waals surface area contributed by atoms with Crippen molar-refractivity contribution in [3.63, 3.8) is 0 Å². The second kappa shape index (κ2) is 7.74. The maximum absolute atomic E-state index is 11.5. The molecule has 0 aliphatic carbocycles. The lowest BCUT2D eigenvalue weighted by Gasteiger charge is -2.34. The number of amides is 1. The highest BCUT2D eigenvalue weighted by Gasteiger charge is 2.30. The van der Waals surface area contributed by atoms with E-state index >= 15 is 0 Å². The Morgan fingerprint density at radius 2 is 1.68 bits per heavy atom. The zero-order valence-corrected chi connectivity index (χ0v) is 14.4. The second-order valence-corrected chi connectivity index (χ2v) is 6.50. The number of rotatable bonds is 4. The van der Waals surface area contributed by atoms with Crippen molar-refractivity contribution in [3.05, 3.63) is 29.8 Å². The van der Waals surface area contributed by atoms with Gasteiger partial charge in [-0.25, -0.2) is 9.59 Å². The highest BCUT2D eigenvalue weighted by atomic mass is 16.5. The number of likely N-dealkylation sites (tertiary alicyclic amines) is 1. The summed E-state index contributed by atoms with van der Waals surface area (Å²) in [6.07, 6.45) is 1.96. The maximum Gasteiger partial charge on any atom is 0.407 e. The number of benzene rings is 1. The van der Waals surface area contributed by atoms with E-state index in [0.29, 0.717) is 18.7 Å². The van der Waals surface area contributed by atoms with Gasteiger partial charge in [0.1, 0.15) is 0 Å². The first-order chi connectivity index (χ1) is 12.1. The second-order valence-electron chi connectivity index (χ2n) is 6.50. The molecule has 1 atom stereocenters. The van der Waals surface area contributed by atoms with Crippen LogP contribution >= 0.6 is 0 Å². The van der Waals surface area contributed by atoms with E-state index < -0.39 is 6.09 Å². The van der Waals surface area contributed by atoms with Gasteiger partial charge < -0.3 is 24.4 Å². The zero-order valence-electron chi connectivity index (χ0n) is 14.4. The summed E-state index contributed by atoms with van der Waals surface area (Å²) in [5, 5.41) is 9.00. The van der Waals surface area contributed by atoms with Crippen LogP contribution in [0.3, 0.4) is 0 Å². The van der Waals surface area contributed by atoms with Crippen LogP contribution in [0.15, 0.2) is 24.3 Å². The summed E-state index contributed by atoms with van der Waals surface area (Å²) in [6, 6.07) is 7.44. The van der Waals surface area contributed by atoms with Crippen LogP contribution in [0.1, 0.15) is 29.6 Å². The highest BCUT2D eigenvalue weighted by molar-refractivity contribution is 5.89. The Balaban J connectivity index is 1.47. The molecule has 2 heterocycles. The lowest BCUT2D eigenvalue weighted by Crippen LogP contribution is -2.39. The molecule has 0 unspecified atom stereocenters. The number of anilines is 1. The molecule has 2 aliphatic heterocycles. The third kappa shape index (κ3) is 4.22. The molecule has 136 valence electrons. The molecule has 0 radical (unpaired) electrons. The highest BCUT2D eigenvalue weighted by Crippen LogP contribution is 2.24. The van der Waals surface area contributed by atoms with Crippen LogP contribution in [0.2, 0.25) is 0 Å². The van der Waals surface area contributed by atoms with Crippen LogP contribution in [0, 0.1) is 0 Å². The van der Waals surface area contributed by atoms with Gasteiger partial charge in [-0.3, -0.25) is 0 Å². The van der Waals surface area contributed by atoms with E-state index in [2.05, 4.69) is 4.90 Å². The molecule has 2 saturated heterocycles. The van der Waals surface area contributed by atoms with Gasteiger partial charge in [-0.2, -0.15) is 0 Å². The fourth-order valence-corrected chi connectivity index (χ4v) is 3.46. The summed E-state index contributed by atoms with van der Waals surface area (Å²) < 4.78 is 10.8. The van der Waals surface area contributed by atoms with Gasteiger partial charge in [0.2, 0.25) is 0 Å². The number of esters is 1. The van der Waals surface area contributed by atoms with Crippen molar-refractivity contribution >= 4 is 17.7 Å². The molecule has 1 amide bonds. The van der Waals surface area contributed by atoms with E-state index in [1.165, 1.54) is 12.0 Å². The predicted octanol–water partition coefficient (Wildman–Crippen LogP) is 2.21. The number of nitrogens with zero attached hydrogens (tertiary/aromatic N) is 2. The van der Waals surface area contributed by atoms with Crippen LogP contribution in [0.4, 0.5) is 10.5 Å². The summed E-state index contributed by atoms with van der Waals surface area (Å²) in [5.41, 5.74) is 1.64. The largest absolute Gasteiger partial charge is 0.465 e. The number of piperidine rings is 1. The monoisotopic (exact) mass is 348 g/mol. The zero-order chi connectivity index (χ0) is 17.8.